The quantitative estimate of drug-likeness (QED) is 0.720. The number of hydrogen-bond acceptors (Lipinski definition) is 4. The minimum absolute atomic E-state index is 0.0822. The standard InChI is InChI=1S/C20H17N3O3/c24-19(12-18-15-7-2-3-8-16(15)20(25)26-18)22-17-9-4-1-6-14(17)13-23-11-5-10-21-23/h1-11,18H,12-13H2,(H,22,24)/t18-/m0/s1. The molecule has 1 aliphatic rings. The van der Waals surface area contributed by atoms with Gasteiger partial charge in [-0.1, -0.05) is 36.4 Å². The van der Waals surface area contributed by atoms with E-state index in [9.17, 15) is 9.59 Å². The number of para-hydroxylation sites is 1. The van der Waals surface area contributed by atoms with Crippen molar-refractivity contribution in [2.24, 2.45) is 0 Å². The molecule has 0 radical (unpaired) electrons. The zero-order valence-corrected chi connectivity index (χ0v) is 14.0. The minimum atomic E-state index is -0.544. The molecule has 1 N–H and O–H groups in total. The predicted molar refractivity (Wildman–Crippen MR) is 95.6 cm³/mol. The minimum Gasteiger partial charge on any atom is -0.453 e. The number of carbonyl (C=O) groups is 2. The first-order valence-electron chi connectivity index (χ1n) is 8.36. The summed E-state index contributed by atoms with van der Waals surface area (Å²) in [6.07, 6.45) is 3.12. The van der Waals surface area contributed by atoms with Crippen LogP contribution in [0.4, 0.5) is 5.69 Å². The van der Waals surface area contributed by atoms with Gasteiger partial charge in [-0.25, -0.2) is 4.79 Å². The first-order chi connectivity index (χ1) is 12.7. The Hall–Kier alpha value is -3.41. The molecule has 3 aromatic rings. The largest absolute Gasteiger partial charge is 0.453 e. The summed E-state index contributed by atoms with van der Waals surface area (Å²) < 4.78 is 7.13. The second kappa shape index (κ2) is 6.84. The third-order valence-corrected chi connectivity index (χ3v) is 4.33. The van der Waals surface area contributed by atoms with E-state index in [1.807, 2.05) is 48.7 Å². The summed E-state index contributed by atoms with van der Waals surface area (Å²) >= 11 is 0. The number of carbonyl (C=O) groups excluding carboxylic acids is 2. The van der Waals surface area contributed by atoms with Crippen LogP contribution in [-0.4, -0.2) is 21.7 Å². The number of rotatable bonds is 5. The average Bonchev–Trinajstić information content (AvgIpc) is 3.26. The fourth-order valence-electron chi connectivity index (χ4n) is 3.09. The molecule has 0 aliphatic carbocycles. The van der Waals surface area contributed by atoms with Crippen molar-refractivity contribution in [3.8, 4) is 0 Å². The summed E-state index contributed by atoms with van der Waals surface area (Å²) in [5.74, 6) is -0.579. The van der Waals surface area contributed by atoms with Crippen LogP contribution in [-0.2, 0) is 16.1 Å². The number of aromatic nitrogens is 2. The normalized spacial score (nSPS) is 15.4. The molecule has 1 amide bonds. The third kappa shape index (κ3) is 3.21. The van der Waals surface area contributed by atoms with Gasteiger partial charge >= 0.3 is 5.97 Å². The van der Waals surface area contributed by atoms with E-state index in [1.165, 1.54) is 0 Å². The number of benzene rings is 2. The lowest BCUT2D eigenvalue weighted by Crippen LogP contribution is -2.17. The number of hydrogen-bond donors (Lipinski definition) is 1. The number of esters is 1. The number of anilines is 1. The van der Waals surface area contributed by atoms with Gasteiger partial charge in [-0.3, -0.25) is 9.48 Å². The van der Waals surface area contributed by atoms with Crippen LogP contribution in [0.25, 0.3) is 0 Å². The van der Waals surface area contributed by atoms with Crippen molar-refractivity contribution in [2.45, 2.75) is 19.1 Å². The van der Waals surface area contributed by atoms with Crippen molar-refractivity contribution in [1.29, 1.82) is 0 Å². The van der Waals surface area contributed by atoms with Crippen molar-refractivity contribution in [2.75, 3.05) is 5.32 Å². The van der Waals surface area contributed by atoms with Gasteiger partial charge in [-0.15, -0.1) is 0 Å². The molecular formula is C20H17N3O3. The molecule has 26 heavy (non-hydrogen) atoms. The molecule has 1 aliphatic heterocycles. The monoisotopic (exact) mass is 347 g/mol. The molecule has 6 nitrogen and oxygen atoms in total. The van der Waals surface area contributed by atoms with Gasteiger partial charge < -0.3 is 10.1 Å². The number of amides is 1. The highest BCUT2D eigenvalue weighted by molar-refractivity contribution is 5.96. The molecule has 2 heterocycles. The lowest BCUT2D eigenvalue weighted by atomic mass is 10.0. The topological polar surface area (TPSA) is 73.2 Å². The fourth-order valence-corrected chi connectivity index (χ4v) is 3.09. The van der Waals surface area contributed by atoms with Gasteiger partial charge in [0, 0.05) is 23.6 Å². The van der Waals surface area contributed by atoms with Crippen molar-refractivity contribution < 1.29 is 14.3 Å². The van der Waals surface area contributed by atoms with E-state index in [2.05, 4.69) is 10.4 Å². The molecule has 0 bridgehead atoms. The fraction of sp³-hybridized carbons (Fsp3) is 0.150. The number of fused-ring (bicyclic) bond motifs is 1. The summed E-state index contributed by atoms with van der Waals surface area (Å²) in [5, 5.41) is 7.12. The van der Waals surface area contributed by atoms with E-state index in [0.29, 0.717) is 12.1 Å². The second-order valence-electron chi connectivity index (χ2n) is 6.09. The lowest BCUT2D eigenvalue weighted by molar-refractivity contribution is -0.118. The van der Waals surface area contributed by atoms with Crippen molar-refractivity contribution in [1.82, 2.24) is 9.78 Å². The maximum atomic E-state index is 12.5. The third-order valence-electron chi connectivity index (χ3n) is 4.33. The van der Waals surface area contributed by atoms with Crippen LogP contribution in [0.3, 0.4) is 0 Å². The van der Waals surface area contributed by atoms with Gasteiger partial charge in [0.15, 0.2) is 0 Å². The van der Waals surface area contributed by atoms with Crippen LogP contribution in [0, 0.1) is 0 Å². The van der Waals surface area contributed by atoms with Crippen LogP contribution >= 0.6 is 0 Å². The smallest absolute Gasteiger partial charge is 0.339 e. The Labute approximate surface area is 150 Å². The van der Waals surface area contributed by atoms with Crippen LogP contribution < -0.4 is 5.32 Å². The average molecular weight is 347 g/mol. The Kier molecular flexibility index (Phi) is 4.23. The molecule has 1 aromatic heterocycles. The number of cyclic esters (lactones) is 1. The van der Waals surface area contributed by atoms with Crippen LogP contribution in [0.1, 0.15) is 34.0 Å². The van der Waals surface area contributed by atoms with Crippen molar-refractivity contribution in [3.05, 3.63) is 83.7 Å². The molecule has 0 saturated heterocycles. The van der Waals surface area contributed by atoms with E-state index in [0.717, 1.165) is 16.8 Å². The Balaban J connectivity index is 1.47. The lowest BCUT2D eigenvalue weighted by Gasteiger charge is -2.14. The van der Waals surface area contributed by atoms with Gasteiger partial charge in [0.05, 0.1) is 18.5 Å². The maximum Gasteiger partial charge on any atom is 0.339 e. The van der Waals surface area contributed by atoms with Crippen molar-refractivity contribution in [3.63, 3.8) is 0 Å². The number of ether oxygens (including phenoxy) is 1. The Morgan fingerprint density at radius 3 is 2.77 bits per heavy atom. The molecule has 4 rings (SSSR count). The molecule has 2 aromatic carbocycles. The first-order valence-corrected chi connectivity index (χ1v) is 8.36. The van der Waals surface area contributed by atoms with E-state index in [4.69, 9.17) is 4.74 Å². The molecule has 0 unspecified atom stereocenters. The molecule has 130 valence electrons. The molecule has 0 fully saturated rings. The highest BCUT2D eigenvalue weighted by Crippen LogP contribution is 2.33. The van der Waals surface area contributed by atoms with E-state index in [-0.39, 0.29) is 18.3 Å². The van der Waals surface area contributed by atoms with Crippen LogP contribution in [0.2, 0.25) is 0 Å². The predicted octanol–water partition coefficient (Wildman–Crippen LogP) is 3.17. The van der Waals surface area contributed by atoms with E-state index in [1.54, 1.807) is 23.0 Å². The molecule has 1 atom stereocenters. The van der Waals surface area contributed by atoms with Gasteiger partial charge in [0.1, 0.15) is 6.10 Å². The van der Waals surface area contributed by atoms with Crippen LogP contribution in [0.5, 0.6) is 0 Å². The maximum absolute atomic E-state index is 12.5. The summed E-state index contributed by atoms with van der Waals surface area (Å²) in [5.41, 5.74) is 2.97. The molecule has 0 saturated carbocycles. The molecular weight excluding hydrogens is 330 g/mol. The summed E-state index contributed by atoms with van der Waals surface area (Å²) in [7, 11) is 0. The summed E-state index contributed by atoms with van der Waals surface area (Å²) in [6.45, 7) is 0.560. The molecule has 0 spiro atoms. The zero-order valence-electron chi connectivity index (χ0n) is 14.0. The van der Waals surface area contributed by atoms with E-state index >= 15 is 0 Å². The number of nitrogens with one attached hydrogen (secondary N) is 1. The summed E-state index contributed by atoms with van der Waals surface area (Å²) in [6, 6.07) is 16.6. The van der Waals surface area contributed by atoms with E-state index < -0.39 is 6.10 Å². The van der Waals surface area contributed by atoms with Crippen LogP contribution in [0.15, 0.2) is 67.0 Å². The molecule has 6 heteroatoms. The van der Waals surface area contributed by atoms with Crippen molar-refractivity contribution >= 4 is 17.6 Å². The summed E-state index contributed by atoms with van der Waals surface area (Å²) in [4.78, 5) is 24.4. The Morgan fingerprint density at radius 2 is 1.92 bits per heavy atom. The SMILES string of the molecule is O=C(C[C@@H]1OC(=O)c2ccccc21)Nc1ccccc1Cn1cccn1. The Bertz CT molecular complexity index is 950. The second-order valence-corrected chi connectivity index (χ2v) is 6.09. The highest BCUT2D eigenvalue weighted by atomic mass is 16.5. The van der Waals surface area contributed by atoms with Gasteiger partial charge in [0.25, 0.3) is 0 Å². The number of nitrogens with zero attached hydrogens (tertiary/aromatic N) is 2. The Morgan fingerprint density at radius 1 is 1.12 bits per heavy atom. The van der Waals surface area contributed by atoms with Gasteiger partial charge in [-0.2, -0.15) is 5.10 Å². The first kappa shape index (κ1) is 16.1. The zero-order chi connectivity index (χ0) is 17.9. The van der Waals surface area contributed by atoms with Gasteiger partial charge in [0.2, 0.25) is 5.91 Å². The van der Waals surface area contributed by atoms with Gasteiger partial charge in [-0.05, 0) is 23.8 Å². The highest BCUT2D eigenvalue weighted by Gasteiger charge is 2.32.